The number of hydrogen-bond donors (Lipinski definition) is 2. The maximum atomic E-state index is 11.5. The van der Waals surface area contributed by atoms with Gasteiger partial charge in [0.25, 0.3) is 0 Å². The van der Waals surface area contributed by atoms with Crippen molar-refractivity contribution in [1.29, 1.82) is 0 Å². The maximum absolute atomic E-state index is 11.5. The summed E-state index contributed by atoms with van der Waals surface area (Å²) in [5.74, 6) is 0.856. The average Bonchev–Trinajstić information content (AvgIpc) is 2.49. The van der Waals surface area contributed by atoms with Crippen LogP contribution < -0.4 is 14.8 Å². The molecule has 23 heavy (non-hydrogen) atoms. The van der Waals surface area contributed by atoms with E-state index in [4.69, 9.17) is 4.74 Å². The van der Waals surface area contributed by atoms with E-state index in [0.717, 1.165) is 6.26 Å². The van der Waals surface area contributed by atoms with Crippen LogP contribution in [0.5, 0.6) is 11.5 Å². The van der Waals surface area contributed by atoms with E-state index >= 15 is 0 Å². The lowest BCUT2D eigenvalue weighted by molar-refractivity contribution is 0.187. The van der Waals surface area contributed by atoms with Gasteiger partial charge in [-0.1, -0.05) is 18.2 Å². The number of ether oxygens (including phenoxy) is 2. The highest BCUT2D eigenvalue weighted by Crippen LogP contribution is 2.32. The molecule has 0 fully saturated rings. The van der Waals surface area contributed by atoms with E-state index < -0.39 is 16.1 Å². The Morgan fingerprint density at radius 2 is 1.78 bits per heavy atom. The lowest BCUT2D eigenvalue weighted by atomic mass is 10.2. The number of para-hydroxylation sites is 1. The molecule has 0 radical (unpaired) electrons. The molecule has 8 heteroatoms. The Morgan fingerprint density at radius 1 is 1.09 bits per heavy atom. The van der Waals surface area contributed by atoms with E-state index in [1.54, 1.807) is 36.4 Å². The van der Waals surface area contributed by atoms with Gasteiger partial charge in [0.15, 0.2) is 5.75 Å². The topological polar surface area (TPSA) is 93.7 Å². The number of anilines is 2. The fourth-order valence-corrected chi connectivity index (χ4v) is 2.32. The summed E-state index contributed by atoms with van der Waals surface area (Å²) < 4.78 is 35.6. The van der Waals surface area contributed by atoms with Crippen molar-refractivity contribution in [2.75, 3.05) is 23.4 Å². The van der Waals surface area contributed by atoms with Crippen molar-refractivity contribution in [1.82, 2.24) is 0 Å². The van der Waals surface area contributed by atoms with Crippen molar-refractivity contribution in [3.8, 4) is 11.5 Å². The quantitative estimate of drug-likeness (QED) is 0.875. The van der Waals surface area contributed by atoms with Crippen LogP contribution in [0.25, 0.3) is 0 Å². The highest BCUT2D eigenvalue weighted by atomic mass is 32.2. The minimum Gasteiger partial charge on any atom is -0.455 e. The van der Waals surface area contributed by atoms with E-state index in [1.807, 2.05) is 6.07 Å². The molecule has 2 N–H and O–H groups in total. The summed E-state index contributed by atoms with van der Waals surface area (Å²) in [6, 6.07) is 13.5. The van der Waals surface area contributed by atoms with Gasteiger partial charge < -0.3 is 9.47 Å². The highest BCUT2D eigenvalue weighted by molar-refractivity contribution is 7.92. The number of amides is 1. The van der Waals surface area contributed by atoms with E-state index in [9.17, 15) is 13.2 Å². The number of nitrogens with one attached hydrogen (secondary N) is 2. The second-order valence-electron chi connectivity index (χ2n) is 4.62. The monoisotopic (exact) mass is 336 g/mol. The van der Waals surface area contributed by atoms with Crippen LogP contribution in [0, 0.1) is 0 Å². The van der Waals surface area contributed by atoms with E-state index in [-0.39, 0.29) is 5.69 Å². The Labute approximate surface area is 134 Å². The van der Waals surface area contributed by atoms with Gasteiger partial charge in [-0.3, -0.25) is 10.0 Å². The molecule has 0 aliphatic rings. The van der Waals surface area contributed by atoms with Gasteiger partial charge in [-0.05, 0) is 30.3 Å². The van der Waals surface area contributed by atoms with Gasteiger partial charge in [-0.25, -0.2) is 13.2 Å². The summed E-state index contributed by atoms with van der Waals surface area (Å²) in [5.41, 5.74) is 0.564. The van der Waals surface area contributed by atoms with Crippen LogP contribution in [0.1, 0.15) is 0 Å². The Kier molecular flexibility index (Phi) is 5.07. The number of methoxy groups -OCH3 is 1. The van der Waals surface area contributed by atoms with Gasteiger partial charge in [0.2, 0.25) is 10.0 Å². The molecule has 7 nitrogen and oxygen atoms in total. The first kappa shape index (κ1) is 16.6. The molecule has 0 heterocycles. The van der Waals surface area contributed by atoms with Crippen molar-refractivity contribution in [2.45, 2.75) is 0 Å². The average molecular weight is 336 g/mol. The first-order chi connectivity index (χ1) is 10.9. The first-order valence-corrected chi connectivity index (χ1v) is 8.46. The second kappa shape index (κ2) is 7.01. The molecule has 1 amide bonds. The summed E-state index contributed by atoms with van der Waals surface area (Å²) in [6.45, 7) is 0. The fourth-order valence-electron chi connectivity index (χ4n) is 1.76. The third kappa shape index (κ3) is 5.19. The SMILES string of the molecule is COC(=O)Nc1ccc(Oc2ccccc2)c(NS(C)(=O)=O)c1. The van der Waals surface area contributed by atoms with Gasteiger partial charge in [-0.2, -0.15) is 0 Å². The number of hydrogen-bond acceptors (Lipinski definition) is 5. The zero-order valence-electron chi connectivity index (χ0n) is 12.6. The van der Waals surface area contributed by atoms with Gasteiger partial charge in [0.1, 0.15) is 5.75 Å². The molecule has 0 saturated carbocycles. The van der Waals surface area contributed by atoms with Crippen LogP contribution in [0.4, 0.5) is 16.2 Å². The van der Waals surface area contributed by atoms with Gasteiger partial charge >= 0.3 is 6.09 Å². The molecule has 0 aromatic heterocycles. The maximum Gasteiger partial charge on any atom is 0.411 e. The van der Waals surface area contributed by atoms with Crippen molar-refractivity contribution in [3.05, 3.63) is 48.5 Å². The third-order valence-electron chi connectivity index (χ3n) is 2.68. The molecule has 0 saturated heterocycles. The summed E-state index contributed by atoms with van der Waals surface area (Å²) in [7, 11) is -2.28. The number of carbonyl (C=O) groups excluding carboxylic acids is 1. The van der Waals surface area contributed by atoms with Gasteiger partial charge in [-0.15, -0.1) is 0 Å². The van der Waals surface area contributed by atoms with E-state index in [1.165, 1.54) is 13.2 Å². The van der Waals surface area contributed by atoms with Gasteiger partial charge in [0.05, 0.1) is 19.1 Å². The van der Waals surface area contributed by atoms with E-state index in [0.29, 0.717) is 17.2 Å². The van der Waals surface area contributed by atoms with Crippen LogP contribution in [-0.2, 0) is 14.8 Å². The second-order valence-corrected chi connectivity index (χ2v) is 6.37. The number of rotatable bonds is 5. The van der Waals surface area contributed by atoms with Crippen molar-refractivity contribution < 1.29 is 22.7 Å². The van der Waals surface area contributed by atoms with Gasteiger partial charge in [0, 0.05) is 5.69 Å². The predicted molar refractivity (Wildman–Crippen MR) is 87.5 cm³/mol. The minimum atomic E-state index is -3.52. The summed E-state index contributed by atoms with van der Waals surface area (Å²) in [4.78, 5) is 11.3. The molecule has 2 rings (SSSR count). The standard InChI is InChI=1S/C15H16N2O5S/c1-21-15(18)16-11-8-9-14(13(10-11)17-23(2,19)20)22-12-6-4-3-5-7-12/h3-10,17H,1-2H3,(H,16,18). The number of benzene rings is 2. The lowest BCUT2D eigenvalue weighted by Gasteiger charge is -2.14. The normalized spacial score (nSPS) is 10.7. The summed E-state index contributed by atoms with van der Waals surface area (Å²) >= 11 is 0. The molecule has 0 spiro atoms. The fraction of sp³-hybridized carbons (Fsp3) is 0.133. The Morgan fingerprint density at radius 3 is 2.39 bits per heavy atom. The van der Waals surface area contributed by atoms with Crippen molar-refractivity contribution >= 4 is 27.5 Å². The number of sulfonamides is 1. The molecule has 2 aromatic carbocycles. The van der Waals surface area contributed by atoms with Crippen LogP contribution in [0.2, 0.25) is 0 Å². The van der Waals surface area contributed by atoms with Crippen molar-refractivity contribution in [3.63, 3.8) is 0 Å². The van der Waals surface area contributed by atoms with Crippen LogP contribution in [-0.4, -0.2) is 27.9 Å². The minimum absolute atomic E-state index is 0.199. The molecule has 0 atom stereocenters. The molecule has 0 aliphatic carbocycles. The molecular weight excluding hydrogens is 320 g/mol. The first-order valence-electron chi connectivity index (χ1n) is 6.57. The molecule has 0 unspecified atom stereocenters. The molecule has 122 valence electrons. The van der Waals surface area contributed by atoms with Crippen LogP contribution >= 0.6 is 0 Å². The van der Waals surface area contributed by atoms with Crippen molar-refractivity contribution in [2.24, 2.45) is 0 Å². The predicted octanol–water partition coefficient (Wildman–Crippen LogP) is 3.03. The van der Waals surface area contributed by atoms with E-state index in [2.05, 4.69) is 14.8 Å². The zero-order chi connectivity index (χ0) is 16.9. The third-order valence-corrected chi connectivity index (χ3v) is 3.27. The molecule has 0 aliphatic heterocycles. The Hall–Kier alpha value is -2.74. The lowest BCUT2D eigenvalue weighted by Crippen LogP contribution is -2.13. The largest absolute Gasteiger partial charge is 0.455 e. The Balaban J connectivity index is 2.34. The van der Waals surface area contributed by atoms with Crippen LogP contribution in [0.15, 0.2) is 48.5 Å². The molecule has 2 aromatic rings. The summed E-state index contributed by atoms with van der Waals surface area (Å²) in [5, 5.41) is 2.46. The molecular formula is C15H16N2O5S. The highest BCUT2D eigenvalue weighted by Gasteiger charge is 2.12. The Bertz CT molecular complexity index is 791. The van der Waals surface area contributed by atoms with Crippen LogP contribution in [0.3, 0.4) is 0 Å². The zero-order valence-corrected chi connectivity index (χ0v) is 13.4. The summed E-state index contributed by atoms with van der Waals surface area (Å²) in [6.07, 6.45) is 0.367. The molecule has 0 bridgehead atoms. The number of carbonyl (C=O) groups is 1. The smallest absolute Gasteiger partial charge is 0.411 e.